The molecule has 2 amide bonds. The van der Waals surface area contributed by atoms with Gasteiger partial charge in [-0.25, -0.2) is 9.18 Å². The van der Waals surface area contributed by atoms with Crippen molar-refractivity contribution in [3.63, 3.8) is 0 Å². The van der Waals surface area contributed by atoms with Crippen LogP contribution in [-0.2, 0) is 25.5 Å². The predicted octanol–water partition coefficient (Wildman–Crippen LogP) is 1.82. The Hall–Kier alpha value is -3.26. The van der Waals surface area contributed by atoms with Gasteiger partial charge in [-0.05, 0) is 30.7 Å². The predicted molar refractivity (Wildman–Crippen MR) is 107 cm³/mol. The Kier molecular flexibility index (Phi) is 6.79. The summed E-state index contributed by atoms with van der Waals surface area (Å²) in [6.45, 7) is 1.35. The van der Waals surface area contributed by atoms with Gasteiger partial charge in [0.1, 0.15) is 11.9 Å². The Bertz CT molecular complexity index is 931. The number of anilines is 1. The lowest BCUT2D eigenvalue weighted by Crippen LogP contribution is -2.43. The number of nitrogens with zero attached hydrogens (tertiary/aromatic N) is 1. The normalized spacial score (nSPS) is 18.2. The minimum absolute atomic E-state index is 0.00142. The highest BCUT2D eigenvalue weighted by atomic mass is 19.1. The standard InChI is InChI=1S/C22H23FN2O5/c1-14-6-8-16(9-7-14)24-20(27)13-30-22(29)19-11-17(26)12-25(19)21(28)10-15-4-2-3-5-18(15)23/h2-9,17,19,26H,10-13H2,1H3,(H,24,27)/t17-,19-/m1/s1. The van der Waals surface area contributed by atoms with Crippen molar-refractivity contribution in [3.05, 3.63) is 65.5 Å². The van der Waals surface area contributed by atoms with Crippen LogP contribution in [0, 0.1) is 12.7 Å². The van der Waals surface area contributed by atoms with Crippen LogP contribution in [0.15, 0.2) is 48.5 Å². The van der Waals surface area contributed by atoms with Crippen molar-refractivity contribution in [2.24, 2.45) is 0 Å². The number of amides is 2. The van der Waals surface area contributed by atoms with Gasteiger partial charge in [0.2, 0.25) is 5.91 Å². The van der Waals surface area contributed by atoms with Crippen LogP contribution in [0.5, 0.6) is 0 Å². The molecule has 1 fully saturated rings. The minimum Gasteiger partial charge on any atom is -0.454 e. The number of carbonyl (C=O) groups is 3. The molecule has 0 spiro atoms. The number of nitrogens with one attached hydrogen (secondary N) is 1. The average Bonchev–Trinajstić information content (AvgIpc) is 3.11. The van der Waals surface area contributed by atoms with Crippen LogP contribution in [0.4, 0.5) is 10.1 Å². The molecule has 0 aliphatic carbocycles. The Morgan fingerprint density at radius 3 is 2.57 bits per heavy atom. The van der Waals surface area contributed by atoms with Gasteiger partial charge in [-0.2, -0.15) is 0 Å². The van der Waals surface area contributed by atoms with Gasteiger partial charge in [0.25, 0.3) is 5.91 Å². The highest BCUT2D eigenvalue weighted by molar-refractivity contribution is 5.93. The quantitative estimate of drug-likeness (QED) is 0.703. The molecule has 0 unspecified atom stereocenters. The van der Waals surface area contributed by atoms with E-state index in [1.54, 1.807) is 18.2 Å². The van der Waals surface area contributed by atoms with Gasteiger partial charge >= 0.3 is 5.97 Å². The Balaban J connectivity index is 1.56. The molecule has 0 radical (unpaired) electrons. The number of hydrogen-bond donors (Lipinski definition) is 2. The summed E-state index contributed by atoms with van der Waals surface area (Å²) < 4.78 is 18.9. The van der Waals surface area contributed by atoms with Crippen molar-refractivity contribution in [3.8, 4) is 0 Å². The van der Waals surface area contributed by atoms with E-state index in [0.29, 0.717) is 5.69 Å². The molecule has 8 heteroatoms. The number of aliphatic hydroxyl groups excluding tert-OH is 1. The lowest BCUT2D eigenvalue weighted by Gasteiger charge is -2.23. The van der Waals surface area contributed by atoms with Crippen LogP contribution in [0.1, 0.15) is 17.5 Å². The van der Waals surface area contributed by atoms with Gasteiger partial charge in [0, 0.05) is 18.7 Å². The van der Waals surface area contributed by atoms with E-state index in [9.17, 15) is 23.9 Å². The average molecular weight is 414 g/mol. The number of rotatable bonds is 6. The highest BCUT2D eigenvalue weighted by Gasteiger charge is 2.40. The number of likely N-dealkylation sites (tertiary alicyclic amines) is 1. The zero-order valence-corrected chi connectivity index (χ0v) is 16.5. The van der Waals surface area contributed by atoms with Crippen LogP contribution >= 0.6 is 0 Å². The summed E-state index contributed by atoms with van der Waals surface area (Å²) in [5, 5.41) is 12.5. The molecule has 3 rings (SSSR count). The number of ether oxygens (including phenoxy) is 1. The molecule has 1 heterocycles. The number of esters is 1. The maximum Gasteiger partial charge on any atom is 0.329 e. The highest BCUT2D eigenvalue weighted by Crippen LogP contribution is 2.21. The minimum atomic E-state index is -1.02. The monoisotopic (exact) mass is 414 g/mol. The summed E-state index contributed by atoms with van der Waals surface area (Å²) in [5.74, 6) is -2.32. The fourth-order valence-electron chi connectivity index (χ4n) is 3.29. The molecular formula is C22H23FN2O5. The third kappa shape index (κ3) is 5.42. The number of carbonyl (C=O) groups excluding carboxylic acids is 3. The molecule has 2 N–H and O–H groups in total. The summed E-state index contributed by atoms with van der Waals surface area (Å²) in [4.78, 5) is 38.2. The van der Waals surface area contributed by atoms with E-state index >= 15 is 0 Å². The zero-order chi connectivity index (χ0) is 21.7. The number of hydrogen-bond acceptors (Lipinski definition) is 5. The summed E-state index contributed by atoms with van der Waals surface area (Å²) in [5.41, 5.74) is 1.81. The molecule has 7 nitrogen and oxygen atoms in total. The van der Waals surface area contributed by atoms with Gasteiger partial charge in [0.15, 0.2) is 6.61 Å². The maximum absolute atomic E-state index is 13.8. The molecule has 158 valence electrons. The first-order chi connectivity index (χ1) is 14.3. The van der Waals surface area contributed by atoms with E-state index < -0.39 is 42.4 Å². The van der Waals surface area contributed by atoms with Crippen LogP contribution in [0.25, 0.3) is 0 Å². The van der Waals surface area contributed by atoms with Crippen LogP contribution < -0.4 is 5.32 Å². The largest absolute Gasteiger partial charge is 0.454 e. The van der Waals surface area contributed by atoms with Crippen molar-refractivity contribution in [2.45, 2.75) is 31.9 Å². The lowest BCUT2D eigenvalue weighted by atomic mass is 10.1. The number of β-amino-alcohol motifs (C(OH)–C–C–N with tert-alkyl or cyclic N) is 1. The summed E-state index contributed by atoms with van der Waals surface area (Å²) in [6, 6.07) is 12.0. The SMILES string of the molecule is Cc1ccc(NC(=O)COC(=O)[C@H]2C[C@@H](O)CN2C(=O)Cc2ccccc2F)cc1. The second-order valence-electron chi connectivity index (χ2n) is 7.24. The maximum atomic E-state index is 13.8. The second kappa shape index (κ2) is 9.49. The van der Waals surface area contributed by atoms with Crippen LogP contribution in [0.3, 0.4) is 0 Å². The molecule has 1 aliphatic heterocycles. The van der Waals surface area contributed by atoms with Crippen molar-refractivity contribution < 1.29 is 28.6 Å². The summed E-state index contributed by atoms with van der Waals surface area (Å²) in [7, 11) is 0. The first-order valence-electron chi connectivity index (χ1n) is 9.57. The second-order valence-corrected chi connectivity index (χ2v) is 7.24. The number of aryl methyl sites for hydroxylation is 1. The third-order valence-electron chi connectivity index (χ3n) is 4.85. The first kappa shape index (κ1) is 21.4. The van der Waals surface area contributed by atoms with Crippen LogP contribution in [-0.4, -0.2) is 53.1 Å². The van der Waals surface area contributed by atoms with E-state index in [-0.39, 0.29) is 24.9 Å². The van der Waals surface area contributed by atoms with Crippen LogP contribution in [0.2, 0.25) is 0 Å². The number of benzene rings is 2. The fraction of sp³-hybridized carbons (Fsp3) is 0.318. The van der Waals surface area contributed by atoms with Gasteiger partial charge in [-0.3, -0.25) is 9.59 Å². The fourth-order valence-corrected chi connectivity index (χ4v) is 3.29. The zero-order valence-electron chi connectivity index (χ0n) is 16.5. The van der Waals surface area contributed by atoms with E-state index in [1.807, 2.05) is 19.1 Å². The van der Waals surface area contributed by atoms with E-state index in [4.69, 9.17) is 4.74 Å². The first-order valence-corrected chi connectivity index (χ1v) is 9.57. The topological polar surface area (TPSA) is 95.9 Å². The smallest absolute Gasteiger partial charge is 0.329 e. The van der Waals surface area contributed by atoms with Gasteiger partial charge in [-0.15, -0.1) is 0 Å². The molecule has 30 heavy (non-hydrogen) atoms. The van der Waals surface area contributed by atoms with Gasteiger partial charge in [0.05, 0.1) is 12.5 Å². The lowest BCUT2D eigenvalue weighted by molar-refractivity contribution is -0.155. The van der Waals surface area contributed by atoms with E-state index in [1.165, 1.54) is 23.1 Å². The van der Waals surface area contributed by atoms with Gasteiger partial charge in [-0.1, -0.05) is 35.9 Å². The third-order valence-corrected chi connectivity index (χ3v) is 4.85. The molecule has 2 aromatic carbocycles. The molecule has 0 saturated carbocycles. The van der Waals surface area contributed by atoms with E-state index in [2.05, 4.69) is 5.32 Å². The van der Waals surface area contributed by atoms with Crippen molar-refractivity contribution >= 4 is 23.5 Å². The molecule has 2 atom stereocenters. The molecular weight excluding hydrogens is 391 g/mol. The Morgan fingerprint density at radius 1 is 1.17 bits per heavy atom. The summed E-state index contributed by atoms with van der Waals surface area (Å²) >= 11 is 0. The molecule has 2 aromatic rings. The Morgan fingerprint density at radius 2 is 1.87 bits per heavy atom. The molecule has 0 aromatic heterocycles. The van der Waals surface area contributed by atoms with Crippen molar-refractivity contribution in [1.29, 1.82) is 0 Å². The summed E-state index contributed by atoms with van der Waals surface area (Å²) in [6.07, 6.45) is -1.13. The van der Waals surface area contributed by atoms with E-state index in [0.717, 1.165) is 5.56 Å². The van der Waals surface area contributed by atoms with Crippen molar-refractivity contribution in [2.75, 3.05) is 18.5 Å². The van der Waals surface area contributed by atoms with Gasteiger partial charge < -0.3 is 20.1 Å². The number of aliphatic hydroxyl groups is 1. The molecule has 1 saturated heterocycles. The molecule has 1 aliphatic rings. The van der Waals surface area contributed by atoms with Crippen molar-refractivity contribution in [1.82, 2.24) is 4.90 Å². The Labute approximate surface area is 173 Å². The number of halogens is 1. The molecule has 0 bridgehead atoms.